The van der Waals surface area contributed by atoms with Crippen molar-refractivity contribution in [2.75, 3.05) is 20.2 Å². The van der Waals surface area contributed by atoms with Crippen LogP contribution in [0, 0.1) is 0 Å². The van der Waals surface area contributed by atoms with E-state index in [4.69, 9.17) is 21.4 Å². The molecule has 0 spiro atoms. The summed E-state index contributed by atoms with van der Waals surface area (Å²) in [4.78, 5) is 10.5. The fourth-order valence-corrected chi connectivity index (χ4v) is 3.58. The van der Waals surface area contributed by atoms with E-state index in [1.807, 2.05) is 0 Å². The Morgan fingerprint density at radius 2 is 2.10 bits per heavy atom. The van der Waals surface area contributed by atoms with Gasteiger partial charge in [-0.05, 0) is 12.1 Å². The normalized spacial score (nSPS) is 11.6. The number of halogens is 1. The molecule has 0 heterocycles. The Labute approximate surface area is 123 Å². The summed E-state index contributed by atoms with van der Waals surface area (Å²) in [6.45, 7) is 1.70. The second kappa shape index (κ2) is 6.92. The number of carboxylic acids is 1. The number of sulfonamides is 1. The van der Waals surface area contributed by atoms with Crippen LogP contribution in [-0.4, -0.2) is 44.0 Å². The van der Waals surface area contributed by atoms with Crippen molar-refractivity contribution in [1.29, 1.82) is 0 Å². The molecule has 0 aliphatic rings. The highest BCUT2D eigenvalue weighted by Gasteiger charge is 2.26. The third-order valence-corrected chi connectivity index (χ3v) is 5.14. The molecule has 0 fully saturated rings. The van der Waals surface area contributed by atoms with Crippen LogP contribution in [0.5, 0.6) is 5.75 Å². The summed E-state index contributed by atoms with van der Waals surface area (Å²) in [5.74, 6) is -0.609. The monoisotopic (exact) mass is 321 g/mol. The van der Waals surface area contributed by atoms with Crippen LogP contribution < -0.4 is 4.74 Å². The zero-order valence-electron chi connectivity index (χ0n) is 11.2. The van der Waals surface area contributed by atoms with Gasteiger partial charge < -0.3 is 9.84 Å². The standard InChI is InChI=1S/C12H16ClNO5S/c1-3-14(7-6-12(15)16)20(17,18)11-5-4-9(19-2)8-10(11)13/h4-5,8H,3,6-7H2,1-2H3,(H,15,16). The van der Waals surface area contributed by atoms with Crippen LogP contribution >= 0.6 is 11.6 Å². The van der Waals surface area contributed by atoms with Gasteiger partial charge in [0.25, 0.3) is 0 Å². The molecule has 0 aromatic heterocycles. The molecule has 1 aromatic rings. The molecule has 0 amide bonds. The van der Waals surface area contributed by atoms with E-state index in [9.17, 15) is 13.2 Å². The summed E-state index contributed by atoms with van der Waals surface area (Å²) in [6.07, 6.45) is -0.263. The van der Waals surface area contributed by atoms with Crippen molar-refractivity contribution in [3.8, 4) is 5.75 Å². The molecule has 1 rings (SSSR count). The van der Waals surface area contributed by atoms with Crippen LogP contribution in [0.25, 0.3) is 0 Å². The van der Waals surface area contributed by atoms with Crippen molar-refractivity contribution in [3.63, 3.8) is 0 Å². The van der Waals surface area contributed by atoms with Gasteiger partial charge in [0.15, 0.2) is 0 Å². The fourth-order valence-electron chi connectivity index (χ4n) is 1.63. The van der Waals surface area contributed by atoms with Crippen molar-refractivity contribution in [3.05, 3.63) is 23.2 Å². The third-order valence-electron chi connectivity index (χ3n) is 2.68. The quantitative estimate of drug-likeness (QED) is 0.828. The number of hydrogen-bond donors (Lipinski definition) is 1. The number of carbonyl (C=O) groups is 1. The average Bonchev–Trinajstić information content (AvgIpc) is 2.38. The third kappa shape index (κ3) is 3.84. The van der Waals surface area contributed by atoms with Crippen LogP contribution in [0.1, 0.15) is 13.3 Å². The number of nitrogens with zero attached hydrogens (tertiary/aromatic N) is 1. The van der Waals surface area contributed by atoms with E-state index in [1.165, 1.54) is 25.3 Å². The van der Waals surface area contributed by atoms with Gasteiger partial charge in [-0.3, -0.25) is 4.79 Å². The summed E-state index contributed by atoms with van der Waals surface area (Å²) in [5, 5.41) is 8.69. The lowest BCUT2D eigenvalue weighted by molar-refractivity contribution is -0.137. The summed E-state index contributed by atoms with van der Waals surface area (Å²) in [5.41, 5.74) is 0. The van der Waals surface area contributed by atoms with Crippen molar-refractivity contribution in [2.45, 2.75) is 18.2 Å². The predicted octanol–water partition coefficient (Wildman–Crippen LogP) is 1.83. The van der Waals surface area contributed by atoms with Gasteiger partial charge in [0.05, 0.1) is 18.6 Å². The molecular weight excluding hydrogens is 306 g/mol. The first-order valence-electron chi connectivity index (χ1n) is 5.88. The number of benzene rings is 1. The van der Waals surface area contributed by atoms with E-state index in [0.29, 0.717) is 5.75 Å². The van der Waals surface area contributed by atoms with E-state index in [2.05, 4.69) is 0 Å². The maximum atomic E-state index is 12.4. The number of carboxylic acid groups (broad SMARTS) is 1. The largest absolute Gasteiger partial charge is 0.497 e. The molecule has 0 unspecified atom stereocenters. The van der Waals surface area contributed by atoms with Gasteiger partial charge in [-0.2, -0.15) is 4.31 Å². The van der Waals surface area contributed by atoms with Crippen molar-refractivity contribution < 1.29 is 23.1 Å². The Balaban J connectivity index is 3.10. The Morgan fingerprint density at radius 1 is 1.45 bits per heavy atom. The summed E-state index contributed by atoms with van der Waals surface area (Å²) < 4.78 is 30.8. The minimum Gasteiger partial charge on any atom is -0.497 e. The van der Waals surface area contributed by atoms with E-state index in [-0.39, 0.29) is 29.4 Å². The molecule has 112 valence electrons. The lowest BCUT2D eigenvalue weighted by atomic mass is 10.3. The van der Waals surface area contributed by atoms with Crippen LogP contribution in [0.3, 0.4) is 0 Å². The molecule has 0 aliphatic heterocycles. The SMILES string of the molecule is CCN(CCC(=O)O)S(=O)(=O)c1ccc(OC)cc1Cl. The number of aliphatic carboxylic acids is 1. The molecule has 6 nitrogen and oxygen atoms in total. The first-order valence-corrected chi connectivity index (χ1v) is 7.70. The van der Waals surface area contributed by atoms with Crippen molar-refractivity contribution in [1.82, 2.24) is 4.31 Å². The Hall–Kier alpha value is -1.31. The van der Waals surface area contributed by atoms with Crippen LogP contribution in [0.4, 0.5) is 0 Å². The summed E-state index contributed by atoms with van der Waals surface area (Å²) in [7, 11) is -2.37. The van der Waals surface area contributed by atoms with Crippen LogP contribution in [0.2, 0.25) is 5.02 Å². The van der Waals surface area contributed by atoms with Crippen molar-refractivity contribution >= 4 is 27.6 Å². The lowest BCUT2D eigenvalue weighted by Crippen LogP contribution is -2.33. The molecule has 0 saturated heterocycles. The van der Waals surface area contributed by atoms with Gasteiger partial charge in [0.2, 0.25) is 10.0 Å². The minimum atomic E-state index is -3.82. The molecular formula is C12H16ClNO5S. The first-order chi connectivity index (χ1) is 9.32. The Bertz CT molecular complexity index is 588. The lowest BCUT2D eigenvalue weighted by Gasteiger charge is -2.20. The van der Waals surface area contributed by atoms with Crippen LogP contribution in [-0.2, 0) is 14.8 Å². The van der Waals surface area contributed by atoms with E-state index in [0.717, 1.165) is 4.31 Å². The second-order valence-corrected chi connectivity index (χ2v) is 6.25. The Morgan fingerprint density at radius 3 is 2.55 bits per heavy atom. The number of rotatable bonds is 7. The van der Waals surface area contributed by atoms with Gasteiger partial charge in [0.1, 0.15) is 10.6 Å². The van der Waals surface area contributed by atoms with Gasteiger partial charge in [-0.15, -0.1) is 0 Å². The highest BCUT2D eigenvalue weighted by atomic mass is 35.5. The van der Waals surface area contributed by atoms with Gasteiger partial charge in [0, 0.05) is 19.2 Å². The molecule has 1 N–H and O–H groups in total. The molecule has 0 radical (unpaired) electrons. The van der Waals surface area contributed by atoms with Crippen molar-refractivity contribution in [2.24, 2.45) is 0 Å². The minimum absolute atomic E-state index is 0.0399. The van der Waals surface area contributed by atoms with Gasteiger partial charge in [-0.25, -0.2) is 8.42 Å². The molecule has 0 saturated carbocycles. The molecule has 0 atom stereocenters. The highest BCUT2D eigenvalue weighted by molar-refractivity contribution is 7.89. The predicted molar refractivity (Wildman–Crippen MR) is 74.7 cm³/mol. The molecule has 1 aromatic carbocycles. The maximum Gasteiger partial charge on any atom is 0.304 e. The maximum absolute atomic E-state index is 12.4. The molecule has 0 aliphatic carbocycles. The van der Waals surface area contributed by atoms with Gasteiger partial charge in [-0.1, -0.05) is 18.5 Å². The average molecular weight is 322 g/mol. The molecule has 0 bridgehead atoms. The smallest absolute Gasteiger partial charge is 0.304 e. The molecule has 8 heteroatoms. The Kier molecular flexibility index (Phi) is 5.79. The molecule has 20 heavy (non-hydrogen) atoms. The zero-order valence-corrected chi connectivity index (χ0v) is 12.7. The second-order valence-electron chi connectivity index (χ2n) is 3.94. The zero-order chi connectivity index (χ0) is 15.3. The van der Waals surface area contributed by atoms with Crippen LogP contribution in [0.15, 0.2) is 23.1 Å². The number of hydrogen-bond acceptors (Lipinski definition) is 4. The van der Waals surface area contributed by atoms with E-state index in [1.54, 1.807) is 6.92 Å². The fraction of sp³-hybridized carbons (Fsp3) is 0.417. The highest BCUT2D eigenvalue weighted by Crippen LogP contribution is 2.28. The van der Waals surface area contributed by atoms with E-state index < -0.39 is 16.0 Å². The topological polar surface area (TPSA) is 83.9 Å². The van der Waals surface area contributed by atoms with Gasteiger partial charge >= 0.3 is 5.97 Å². The van der Waals surface area contributed by atoms with E-state index >= 15 is 0 Å². The first kappa shape index (κ1) is 16.7. The summed E-state index contributed by atoms with van der Waals surface area (Å²) in [6, 6.07) is 4.24. The number of methoxy groups -OCH3 is 1. The summed E-state index contributed by atoms with van der Waals surface area (Å²) >= 11 is 5.95. The number of ether oxygens (including phenoxy) is 1.